The van der Waals surface area contributed by atoms with Crippen LogP contribution in [0, 0.1) is 0 Å². The van der Waals surface area contributed by atoms with Crippen LogP contribution in [-0.4, -0.2) is 328 Å². The smallest absolute Gasteiger partial charge is 0.498 e. The fourth-order valence-corrected chi connectivity index (χ4v) is 20.0. The molecule has 12 fully saturated rings. The normalized spacial score (nSPS) is 28.8. The molecule has 13 aliphatic heterocycles. The van der Waals surface area contributed by atoms with Gasteiger partial charge in [0.1, 0.15) is 63.0 Å². The number of ether oxygens (including phenoxy) is 4. The number of carbonyl (C=O) groups is 8. The first-order chi connectivity index (χ1) is 47.9. The number of hydrogen-bond donors (Lipinski definition) is 4. The van der Waals surface area contributed by atoms with Gasteiger partial charge in [-0.3, -0.25) is 96.6 Å². The van der Waals surface area contributed by atoms with Crippen molar-refractivity contribution in [1.29, 1.82) is 0 Å². The van der Waals surface area contributed by atoms with Crippen LogP contribution >= 0.6 is 0 Å². The fourth-order valence-electron chi connectivity index (χ4n) is 17.7. The van der Waals surface area contributed by atoms with Gasteiger partial charge in [-0.25, -0.2) is 38.4 Å². The molecule has 15 rings (SSSR count). The maximum atomic E-state index is 15.7. The van der Waals surface area contributed by atoms with Crippen molar-refractivity contribution in [3.05, 3.63) is 45.9 Å². The summed E-state index contributed by atoms with van der Waals surface area (Å²) in [7, 11) is -17.1. The SMILES string of the molecule is CC12N3CC4=C(OCCCCS(=O)(=O)O)CCC(OCCCCS(=O)(=O)O)=C4CN1C(=O)N1CN4C(=O)N5CN6C(=O)N7CN8C(=O)N9Cc%10c(OCCCCS(=O)(=O)O)ccc(OCCCCS(=O)(=O)O)c%10CN%10C(=O)N(CN%11C(=O)N(CN%12C(=O)N(CN(C3=O)C12C)C4C%125)C6C%117)C8(C)C%109C.[Zn+2].[Zn+2].[Zn+2].[Zn+2]. The van der Waals surface area contributed by atoms with Gasteiger partial charge in [-0.1, -0.05) is 0 Å². The van der Waals surface area contributed by atoms with E-state index >= 15 is 38.4 Å². The molecule has 14 aliphatic rings. The second kappa shape index (κ2) is 28.2. The second-order valence-electron chi connectivity index (χ2n) is 28.4. The minimum Gasteiger partial charge on any atom is -0.498 e. The van der Waals surface area contributed by atoms with Gasteiger partial charge in [0.05, 0.1) is 75.6 Å². The molecule has 16 amide bonds. The van der Waals surface area contributed by atoms with E-state index in [0.717, 1.165) is 0 Å². The summed E-state index contributed by atoms with van der Waals surface area (Å²) in [6.45, 7) is 2.62. The van der Waals surface area contributed by atoms with Crippen molar-refractivity contribution in [3.8, 4) is 11.5 Å². The molecule has 1 aromatic rings. The molecule has 1 aliphatic carbocycles. The third-order valence-electron chi connectivity index (χ3n) is 23.2. The Morgan fingerprint density at radius 2 is 0.557 bits per heavy atom. The summed E-state index contributed by atoms with van der Waals surface area (Å²) in [5, 5.41) is 0. The van der Waals surface area contributed by atoms with Crippen LogP contribution in [-0.2, 0) is 141 Å². The van der Waals surface area contributed by atoms with Crippen LogP contribution in [0.2, 0.25) is 0 Å². The van der Waals surface area contributed by atoms with Crippen molar-refractivity contribution in [3.63, 3.8) is 0 Å². The minimum absolute atomic E-state index is 0. The Bertz CT molecular complexity index is 4180. The molecular weight excluding hydrogens is 1690 g/mol. The molecule has 0 bridgehead atoms. The molecule has 0 aromatic heterocycles. The zero-order chi connectivity index (χ0) is 72.8. The van der Waals surface area contributed by atoms with E-state index in [1.807, 2.05) is 0 Å². The molecule has 12 saturated heterocycles. The van der Waals surface area contributed by atoms with Crippen LogP contribution < -0.4 is 9.47 Å². The van der Waals surface area contributed by atoms with E-state index in [1.165, 1.54) is 78.4 Å². The average molecular weight is 1770 g/mol. The van der Waals surface area contributed by atoms with Gasteiger partial charge in [0, 0.05) is 35.1 Å². The van der Waals surface area contributed by atoms with Gasteiger partial charge >= 0.3 is 126 Å². The van der Waals surface area contributed by atoms with Crippen molar-refractivity contribution in [1.82, 2.24) is 78.4 Å². The summed E-state index contributed by atoms with van der Waals surface area (Å²) in [5.41, 5.74) is -4.83. The second-order valence-corrected chi connectivity index (χ2v) is 34.6. The molecule has 48 heteroatoms. The number of fused-ring (bicyclic) bond motifs is 2. The summed E-state index contributed by atoms with van der Waals surface area (Å²) in [6.07, 6.45) is -3.60. The fraction of sp³-hybridized carbons (Fsp3) is 0.690. The van der Waals surface area contributed by atoms with Gasteiger partial charge in [0.25, 0.3) is 40.5 Å². The van der Waals surface area contributed by atoms with Gasteiger partial charge < -0.3 is 18.9 Å². The molecule has 0 spiro atoms. The summed E-state index contributed by atoms with van der Waals surface area (Å²) >= 11 is 0. The van der Waals surface area contributed by atoms with Gasteiger partial charge in [-0.05, 0) is 91.2 Å². The Morgan fingerprint density at radius 1 is 0.330 bits per heavy atom. The van der Waals surface area contributed by atoms with Crippen molar-refractivity contribution in [2.24, 2.45) is 0 Å². The monoisotopic (exact) mass is 1770 g/mol. The Labute approximate surface area is 661 Å². The third-order valence-corrected chi connectivity index (χ3v) is 26.4. The Balaban J connectivity index is 0.00000280. The van der Waals surface area contributed by atoms with Crippen LogP contribution in [0.4, 0.5) is 38.4 Å². The number of benzene rings is 1. The molecule has 558 valence electrons. The van der Waals surface area contributed by atoms with Crippen LogP contribution in [0.3, 0.4) is 0 Å². The zero-order valence-electron chi connectivity index (χ0n) is 58.8. The third kappa shape index (κ3) is 12.3. The van der Waals surface area contributed by atoms with Crippen molar-refractivity contribution >= 4 is 88.7 Å². The first-order valence-electron chi connectivity index (χ1n) is 33.5. The number of amides is 16. The number of carbonyl (C=O) groups excluding carboxylic acids is 8. The van der Waals surface area contributed by atoms with E-state index in [0.29, 0.717) is 33.8 Å². The number of urea groups is 8. The minimum atomic E-state index is -4.28. The summed E-state index contributed by atoms with van der Waals surface area (Å²) in [6, 6.07) is -2.32. The van der Waals surface area contributed by atoms with Crippen LogP contribution in [0.15, 0.2) is 34.8 Å². The standard InChI is InChI=1S/C58H78N16O24S4.4Zn/c1-55-57(3)71-31-63-45-43-59(47(63)75)29-61-44-46-65(49(61)77)33-73-53(81)69-27-37-38(42(98-20-8-12-24-102(92,93)94)16-15-41(37)97-19-7-11-23-101(89,90)91)28-70-54(82)74(58(73,4)56(69,70)2)34-66(46)50(78)62(44)30-60(43)48(76)64(45)32-72(57)52(80)68(55)26-36-35(25-67(55)51(71)79)39(95-17-5-9-21-99(83,84)85)13-14-40(36)96-18-6-10-22-100(86,87)88;;;;/h13-14,43-46H,5-12,15-34H2,1-4H3,(H,83,84,85)(H,86,87,88)(H,89,90,91)(H,92,93,94);;;;/q;4*+2. The van der Waals surface area contributed by atoms with E-state index in [4.69, 9.17) is 18.9 Å². The molecule has 106 heavy (non-hydrogen) atoms. The number of allylic oxidation sites excluding steroid dienone is 2. The summed E-state index contributed by atoms with van der Waals surface area (Å²) in [4.78, 5) is 148. The molecule has 0 radical (unpaired) electrons. The van der Waals surface area contributed by atoms with Crippen molar-refractivity contribution in [2.75, 3.05) is 103 Å². The Kier molecular flexibility index (Phi) is 21.6. The molecule has 40 nitrogen and oxygen atoms in total. The molecule has 0 saturated carbocycles. The Morgan fingerprint density at radius 3 is 0.811 bits per heavy atom. The van der Waals surface area contributed by atoms with Crippen LogP contribution in [0.5, 0.6) is 11.5 Å². The molecule has 4 N–H and O–H groups in total. The maximum Gasteiger partial charge on any atom is 2.00 e. The zero-order valence-corrected chi connectivity index (χ0v) is 74.0. The van der Waals surface area contributed by atoms with E-state index < -0.39 is 199 Å². The summed E-state index contributed by atoms with van der Waals surface area (Å²) < 4.78 is 155. The molecule has 0 atom stereocenters. The van der Waals surface area contributed by atoms with Crippen molar-refractivity contribution < 1.29 is 187 Å². The first-order valence-corrected chi connectivity index (χ1v) is 39.9. The number of hydrogen-bond acceptors (Lipinski definition) is 20. The van der Waals surface area contributed by atoms with E-state index in [1.54, 1.807) is 39.8 Å². The van der Waals surface area contributed by atoms with E-state index in [2.05, 4.69) is 0 Å². The van der Waals surface area contributed by atoms with Gasteiger partial charge in [0.2, 0.25) is 0 Å². The van der Waals surface area contributed by atoms with Gasteiger partial charge in [-0.15, -0.1) is 0 Å². The molecule has 13 heterocycles. The quantitative estimate of drug-likeness (QED) is 0.0644. The number of unbranched alkanes of at least 4 members (excludes halogenated alkanes) is 4. The number of rotatable bonds is 24. The maximum absolute atomic E-state index is 15.7. The van der Waals surface area contributed by atoms with Gasteiger partial charge in [0.15, 0.2) is 47.3 Å². The van der Waals surface area contributed by atoms with Crippen LogP contribution in [0.1, 0.15) is 103 Å². The summed E-state index contributed by atoms with van der Waals surface area (Å²) in [5.74, 6) is -0.729. The molecule has 1 aromatic carbocycles. The van der Waals surface area contributed by atoms with Gasteiger partial charge in [-0.2, -0.15) is 33.7 Å². The topological polar surface area (TPSA) is 443 Å². The number of nitrogens with zero attached hydrogens (tertiary/aromatic N) is 16. The van der Waals surface area contributed by atoms with E-state index in [9.17, 15) is 51.9 Å². The predicted octanol–water partition coefficient (Wildman–Crippen LogP) is 1.32. The first kappa shape index (κ1) is 81.2. The molecule has 0 unspecified atom stereocenters. The largest absolute Gasteiger partial charge is 2.00 e. The Hall–Kier alpha value is -5.81. The van der Waals surface area contributed by atoms with Crippen molar-refractivity contribution in [2.45, 2.75) is 152 Å². The van der Waals surface area contributed by atoms with E-state index in [-0.39, 0.29) is 206 Å². The predicted molar refractivity (Wildman–Crippen MR) is 343 cm³/mol. The molecular formula is C58H78N16O24S4Zn4+8. The van der Waals surface area contributed by atoms with Crippen LogP contribution in [0.25, 0.3) is 0 Å². The average Bonchev–Trinajstić information content (AvgIpc) is 1.49.